The Balaban J connectivity index is 2.36. The van der Waals surface area contributed by atoms with Gasteiger partial charge in [0.25, 0.3) is 0 Å². The molecule has 0 radical (unpaired) electrons. The predicted molar refractivity (Wildman–Crippen MR) is 54.4 cm³/mol. The van der Waals surface area contributed by atoms with Crippen molar-refractivity contribution in [2.75, 3.05) is 5.73 Å². The van der Waals surface area contributed by atoms with E-state index in [2.05, 4.69) is 0 Å². The molecule has 14 heavy (non-hydrogen) atoms. The van der Waals surface area contributed by atoms with E-state index in [4.69, 9.17) is 10.8 Å². The van der Waals surface area contributed by atoms with Gasteiger partial charge >= 0.3 is 5.97 Å². The van der Waals surface area contributed by atoms with Crippen LogP contribution in [-0.4, -0.2) is 11.1 Å². The molecule has 0 saturated heterocycles. The van der Waals surface area contributed by atoms with E-state index >= 15 is 0 Å². The minimum atomic E-state index is -0.884. The smallest absolute Gasteiger partial charge is 0.335 e. The summed E-state index contributed by atoms with van der Waals surface area (Å²) in [7, 11) is 0. The van der Waals surface area contributed by atoms with E-state index in [1.807, 2.05) is 0 Å². The number of carboxylic acids is 1. The number of nitrogens with two attached hydrogens (primary N) is 1. The van der Waals surface area contributed by atoms with Crippen molar-refractivity contribution in [2.45, 2.75) is 25.2 Å². The van der Waals surface area contributed by atoms with Crippen molar-refractivity contribution in [3.8, 4) is 0 Å². The first-order valence-electron chi connectivity index (χ1n) is 4.81. The summed E-state index contributed by atoms with van der Waals surface area (Å²) in [6, 6.07) is 4.96. The van der Waals surface area contributed by atoms with Crippen LogP contribution < -0.4 is 5.73 Å². The van der Waals surface area contributed by atoms with Crippen LogP contribution in [-0.2, 0) is 0 Å². The van der Waals surface area contributed by atoms with Gasteiger partial charge in [-0.3, -0.25) is 0 Å². The molecule has 1 aliphatic rings. The van der Waals surface area contributed by atoms with Gasteiger partial charge in [-0.1, -0.05) is 6.42 Å². The molecular weight excluding hydrogens is 178 g/mol. The molecule has 0 bridgehead atoms. The third-order valence-electron chi connectivity index (χ3n) is 2.88. The van der Waals surface area contributed by atoms with Crippen molar-refractivity contribution < 1.29 is 9.90 Å². The second kappa shape index (κ2) is 3.33. The summed E-state index contributed by atoms with van der Waals surface area (Å²) in [4.78, 5) is 10.8. The first kappa shape index (κ1) is 9.06. The number of carboxylic acid groups (broad SMARTS) is 1. The summed E-state index contributed by atoms with van der Waals surface area (Å²) in [5, 5.41) is 8.83. The summed E-state index contributed by atoms with van der Waals surface area (Å²) in [5.74, 6) is -0.403. The lowest BCUT2D eigenvalue weighted by molar-refractivity contribution is 0.0696. The molecule has 0 unspecified atom stereocenters. The fraction of sp³-hybridized carbons (Fsp3) is 0.364. The monoisotopic (exact) mass is 191 g/mol. The SMILES string of the molecule is Nc1ccc(C(=O)O)cc1C1CCC1. The van der Waals surface area contributed by atoms with Gasteiger partial charge in [-0.2, -0.15) is 0 Å². The van der Waals surface area contributed by atoms with Gasteiger partial charge in [-0.05, 0) is 42.5 Å². The standard InChI is InChI=1S/C11H13NO2/c12-10-5-4-8(11(13)14)6-9(10)7-2-1-3-7/h4-7H,1-3,12H2,(H,13,14). The van der Waals surface area contributed by atoms with E-state index in [0.29, 0.717) is 11.5 Å². The predicted octanol–water partition coefficient (Wildman–Crippen LogP) is 2.23. The molecule has 0 aliphatic heterocycles. The summed E-state index contributed by atoms with van der Waals surface area (Å²) in [6.07, 6.45) is 3.49. The van der Waals surface area contributed by atoms with Crippen LogP contribution in [0.1, 0.15) is 41.1 Å². The van der Waals surface area contributed by atoms with Gasteiger partial charge < -0.3 is 10.8 Å². The maximum absolute atomic E-state index is 10.8. The zero-order valence-corrected chi connectivity index (χ0v) is 7.86. The second-order valence-electron chi connectivity index (χ2n) is 3.78. The molecular formula is C11H13NO2. The van der Waals surface area contributed by atoms with E-state index in [1.165, 1.54) is 6.42 Å². The Morgan fingerprint density at radius 2 is 2.14 bits per heavy atom. The lowest BCUT2D eigenvalue weighted by Crippen LogP contribution is -2.12. The third kappa shape index (κ3) is 1.45. The molecule has 1 aromatic carbocycles. The van der Waals surface area contributed by atoms with Gasteiger partial charge in [0.05, 0.1) is 5.56 Å². The number of hydrogen-bond acceptors (Lipinski definition) is 2. The van der Waals surface area contributed by atoms with Gasteiger partial charge in [-0.25, -0.2) is 4.79 Å². The van der Waals surface area contributed by atoms with Crippen molar-refractivity contribution in [1.29, 1.82) is 0 Å². The van der Waals surface area contributed by atoms with Crippen LogP contribution in [0.5, 0.6) is 0 Å². The van der Waals surface area contributed by atoms with E-state index in [9.17, 15) is 4.79 Å². The zero-order chi connectivity index (χ0) is 10.1. The quantitative estimate of drug-likeness (QED) is 0.704. The Bertz CT molecular complexity index is 370. The molecule has 3 nitrogen and oxygen atoms in total. The number of aromatic carboxylic acids is 1. The molecule has 1 fully saturated rings. The largest absolute Gasteiger partial charge is 0.478 e. The molecule has 0 spiro atoms. The Morgan fingerprint density at radius 1 is 1.43 bits per heavy atom. The molecule has 0 aromatic heterocycles. The Labute approximate surface area is 82.5 Å². The highest BCUT2D eigenvalue weighted by Crippen LogP contribution is 2.39. The number of anilines is 1. The van der Waals surface area contributed by atoms with Crippen molar-refractivity contribution in [2.24, 2.45) is 0 Å². The normalized spacial score (nSPS) is 16.3. The number of rotatable bonds is 2. The fourth-order valence-corrected chi connectivity index (χ4v) is 1.78. The molecule has 0 heterocycles. The molecule has 3 N–H and O–H groups in total. The molecule has 74 valence electrons. The minimum absolute atomic E-state index is 0.334. The Kier molecular flexibility index (Phi) is 2.15. The van der Waals surface area contributed by atoms with Gasteiger partial charge in [0.1, 0.15) is 0 Å². The van der Waals surface area contributed by atoms with Crippen molar-refractivity contribution in [3.63, 3.8) is 0 Å². The summed E-state index contributed by atoms with van der Waals surface area (Å²) >= 11 is 0. The summed E-state index contributed by atoms with van der Waals surface area (Å²) < 4.78 is 0. The van der Waals surface area contributed by atoms with Gasteiger partial charge in [0.15, 0.2) is 0 Å². The number of nitrogen functional groups attached to an aromatic ring is 1. The first-order chi connectivity index (χ1) is 6.68. The van der Waals surface area contributed by atoms with E-state index in [0.717, 1.165) is 24.1 Å². The van der Waals surface area contributed by atoms with Crippen LogP contribution in [0.2, 0.25) is 0 Å². The topological polar surface area (TPSA) is 63.3 Å². The van der Waals surface area contributed by atoms with E-state index in [1.54, 1.807) is 18.2 Å². The molecule has 0 amide bonds. The summed E-state index contributed by atoms with van der Waals surface area (Å²) in [5.41, 5.74) is 7.87. The Morgan fingerprint density at radius 3 is 2.64 bits per heavy atom. The van der Waals surface area contributed by atoms with Crippen LogP contribution >= 0.6 is 0 Å². The molecule has 2 rings (SSSR count). The number of carbonyl (C=O) groups is 1. The highest BCUT2D eigenvalue weighted by atomic mass is 16.4. The third-order valence-corrected chi connectivity index (χ3v) is 2.88. The van der Waals surface area contributed by atoms with Crippen LogP contribution in [0.4, 0.5) is 5.69 Å². The van der Waals surface area contributed by atoms with Crippen molar-refractivity contribution in [1.82, 2.24) is 0 Å². The van der Waals surface area contributed by atoms with Crippen molar-refractivity contribution >= 4 is 11.7 Å². The van der Waals surface area contributed by atoms with Crippen LogP contribution in [0.25, 0.3) is 0 Å². The molecule has 1 saturated carbocycles. The van der Waals surface area contributed by atoms with E-state index < -0.39 is 5.97 Å². The second-order valence-corrected chi connectivity index (χ2v) is 3.78. The van der Waals surface area contributed by atoms with Crippen molar-refractivity contribution in [3.05, 3.63) is 29.3 Å². The van der Waals surface area contributed by atoms with Crippen LogP contribution in [0.15, 0.2) is 18.2 Å². The molecule has 0 atom stereocenters. The number of benzene rings is 1. The fourth-order valence-electron chi connectivity index (χ4n) is 1.78. The molecule has 1 aliphatic carbocycles. The Hall–Kier alpha value is -1.51. The minimum Gasteiger partial charge on any atom is -0.478 e. The first-order valence-corrected chi connectivity index (χ1v) is 4.81. The molecule has 1 aromatic rings. The van der Waals surface area contributed by atoms with Crippen LogP contribution in [0, 0.1) is 0 Å². The van der Waals surface area contributed by atoms with Gasteiger partial charge in [0.2, 0.25) is 0 Å². The highest BCUT2D eigenvalue weighted by molar-refractivity contribution is 5.88. The average Bonchev–Trinajstić information content (AvgIpc) is 2.05. The van der Waals surface area contributed by atoms with E-state index in [-0.39, 0.29) is 0 Å². The summed E-state index contributed by atoms with van der Waals surface area (Å²) in [6.45, 7) is 0. The van der Waals surface area contributed by atoms with Crippen LogP contribution in [0.3, 0.4) is 0 Å². The lowest BCUT2D eigenvalue weighted by Gasteiger charge is -2.27. The molecule has 3 heteroatoms. The number of hydrogen-bond donors (Lipinski definition) is 2. The highest BCUT2D eigenvalue weighted by Gasteiger charge is 2.22. The zero-order valence-electron chi connectivity index (χ0n) is 7.86. The lowest BCUT2D eigenvalue weighted by atomic mass is 9.79. The van der Waals surface area contributed by atoms with Gasteiger partial charge in [-0.15, -0.1) is 0 Å². The maximum Gasteiger partial charge on any atom is 0.335 e. The van der Waals surface area contributed by atoms with Gasteiger partial charge in [0, 0.05) is 5.69 Å². The maximum atomic E-state index is 10.8. The average molecular weight is 191 g/mol.